The van der Waals surface area contributed by atoms with E-state index < -0.39 is 0 Å². The fourth-order valence-electron chi connectivity index (χ4n) is 2.17. The molecule has 0 atom stereocenters. The number of hydrogen-bond donors (Lipinski definition) is 0. The summed E-state index contributed by atoms with van der Waals surface area (Å²) in [5.41, 5.74) is 1.83. The first-order valence-electron chi connectivity index (χ1n) is 6.47. The third-order valence-electron chi connectivity index (χ3n) is 3.36. The van der Waals surface area contributed by atoms with Gasteiger partial charge >= 0.3 is 0 Å². The minimum Gasteiger partial charge on any atom is -0.216 e. The molecule has 104 valence electrons. The Morgan fingerprint density at radius 2 is 2.10 bits per heavy atom. The highest BCUT2D eigenvalue weighted by Gasteiger charge is 2.29. The van der Waals surface area contributed by atoms with E-state index >= 15 is 0 Å². The molecule has 7 heteroatoms. The lowest BCUT2D eigenvalue weighted by Crippen LogP contribution is -1.89. The van der Waals surface area contributed by atoms with Crippen molar-refractivity contribution in [1.29, 1.82) is 5.26 Å². The maximum absolute atomic E-state index is 9.08. The average molecular weight is 377 g/mol. The number of aromatic nitrogens is 3. The van der Waals surface area contributed by atoms with Gasteiger partial charge in [-0.25, -0.2) is 4.98 Å². The number of hydrogen-bond acceptors (Lipinski definition) is 5. The molecule has 1 aromatic carbocycles. The molecule has 2 aromatic heterocycles. The number of rotatable bonds is 3. The fraction of sp³-hybridized carbons (Fsp3) is 0.214. The number of benzene rings is 1. The van der Waals surface area contributed by atoms with Gasteiger partial charge in [0, 0.05) is 27.7 Å². The zero-order valence-electron chi connectivity index (χ0n) is 10.8. The third-order valence-corrected chi connectivity index (χ3v) is 5.62. The van der Waals surface area contributed by atoms with E-state index in [1.165, 1.54) is 12.8 Å². The summed E-state index contributed by atoms with van der Waals surface area (Å²) in [5.74, 6) is 0.604. The maximum Gasteiger partial charge on any atom is 0.213 e. The van der Waals surface area contributed by atoms with Gasteiger partial charge in [-0.05, 0) is 25.0 Å². The van der Waals surface area contributed by atoms with Gasteiger partial charge in [-0.15, -0.1) is 0 Å². The SMILES string of the molecule is N#CSc1c(-c2ccc(Br)cc2)nc2sc(C3CC3)nn12. The topological polar surface area (TPSA) is 54.0 Å². The second-order valence-corrected chi connectivity index (χ2v) is 7.55. The largest absolute Gasteiger partial charge is 0.216 e. The Morgan fingerprint density at radius 3 is 2.76 bits per heavy atom. The molecule has 1 aliphatic carbocycles. The van der Waals surface area contributed by atoms with E-state index in [1.54, 1.807) is 11.3 Å². The molecule has 1 saturated carbocycles. The standard InChI is InChI=1S/C14H9BrN4S2/c15-10-5-3-8(4-6-10)11-13(20-7-16)19-14(17-11)21-12(18-19)9-1-2-9/h3-6,9H,1-2H2. The predicted molar refractivity (Wildman–Crippen MR) is 87.4 cm³/mol. The van der Waals surface area contributed by atoms with Gasteiger partial charge in [0.25, 0.3) is 0 Å². The Bertz CT molecular complexity index is 856. The minimum atomic E-state index is 0.604. The lowest BCUT2D eigenvalue weighted by Gasteiger charge is -2.00. The molecule has 0 aliphatic heterocycles. The number of imidazole rings is 1. The molecule has 2 heterocycles. The molecule has 21 heavy (non-hydrogen) atoms. The molecule has 4 nitrogen and oxygen atoms in total. The van der Waals surface area contributed by atoms with Crippen LogP contribution in [0, 0.1) is 10.7 Å². The van der Waals surface area contributed by atoms with Gasteiger partial charge in [0.05, 0.1) is 0 Å². The molecule has 1 fully saturated rings. The first-order chi connectivity index (χ1) is 10.3. The van der Waals surface area contributed by atoms with E-state index in [9.17, 15) is 0 Å². The summed E-state index contributed by atoms with van der Waals surface area (Å²) in [4.78, 5) is 5.56. The van der Waals surface area contributed by atoms with E-state index in [4.69, 9.17) is 10.2 Å². The van der Waals surface area contributed by atoms with E-state index in [2.05, 4.69) is 26.4 Å². The summed E-state index contributed by atoms with van der Waals surface area (Å²) in [6.45, 7) is 0. The van der Waals surface area contributed by atoms with Crippen LogP contribution in [0.2, 0.25) is 0 Å². The normalized spacial score (nSPS) is 14.5. The van der Waals surface area contributed by atoms with Gasteiger partial charge in [0.1, 0.15) is 21.1 Å². The summed E-state index contributed by atoms with van der Waals surface area (Å²) in [7, 11) is 0. The molecule has 0 saturated heterocycles. The third kappa shape index (κ3) is 2.37. The fourth-order valence-corrected chi connectivity index (χ4v) is 4.12. The van der Waals surface area contributed by atoms with Crippen LogP contribution in [0.1, 0.15) is 23.8 Å². The summed E-state index contributed by atoms with van der Waals surface area (Å²) in [6.07, 6.45) is 2.44. The summed E-state index contributed by atoms with van der Waals surface area (Å²) < 4.78 is 2.85. The highest BCUT2D eigenvalue weighted by atomic mass is 79.9. The van der Waals surface area contributed by atoms with Crippen molar-refractivity contribution in [3.63, 3.8) is 0 Å². The summed E-state index contributed by atoms with van der Waals surface area (Å²) in [6, 6.07) is 7.96. The molecular formula is C14H9BrN4S2. The van der Waals surface area contributed by atoms with Crippen LogP contribution in [0.25, 0.3) is 16.2 Å². The molecule has 0 amide bonds. The van der Waals surface area contributed by atoms with Crippen molar-refractivity contribution in [2.45, 2.75) is 23.8 Å². The van der Waals surface area contributed by atoms with Gasteiger partial charge in [-0.3, -0.25) is 0 Å². The van der Waals surface area contributed by atoms with Crippen molar-refractivity contribution in [1.82, 2.24) is 14.6 Å². The summed E-state index contributed by atoms with van der Waals surface area (Å²) >= 11 is 6.19. The molecule has 4 rings (SSSR count). The van der Waals surface area contributed by atoms with Crippen molar-refractivity contribution in [3.05, 3.63) is 33.7 Å². The number of thioether (sulfide) groups is 1. The summed E-state index contributed by atoms with van der Waals surface area (Å²) in [5, 5.41) is 17.8. The molecule has 0 N–H and O–H groups in total. The van der Waals surface area contributed by atoms with Crippen molar-refractivity contribution in [2.24, 2.45) is 0 Å². The van der Waals surface area contributed by atoms with E-state index in [1.807, 2.05) is 28.8 Å². The maximum atomic E-state index is 9.08. The number of halogens is 1. The van der Waals surface area contributed by atoms with E-state index in [-0.39, 0.29) is 0 Å². The first-order valence-corrected chi connectivity index (χ1v) is 8.90. The van der Waals surface area contributed by atoms with Gasteiger partial charge in [0.2, 0.25) is 4.96 Å². The Kier molecular flexibility index (Phi) is 3.25. The molecule has 0 unspecified atom stereocenters. The van der Waals surface area contributed by atoms with Crippen LogP contribution in [0.3, 0.4) is 0 Å². The van der Waals surface area contributed by atoms with Crippen LogP contribution in [0.15, 0.2) is 33.8 Å². The Morgan fingerprint density at radius 1 is 1.33 bits per heavy atom. The predicted octanol–water partition coefficient (Wildman–Crippen LogP) is 4.67. The zero-order chi connectivity index (χ0) is 14.4. The molecule has 0 radical (unpaired) electrons. The van der Waals surface area contributed by atoms with Crippen LogP contribution >= 0.6 is 39.0 Å². The molecule has 3 aromatic rings. The van der Waals surface area contributed by atoms with Crippen LogP contribution in [-0.4, -0.2) is 14.6 Å². The monoisotopic (exact) mass is 376 g/mol. The van der Waals surface area contributed by atoms with Crippen LogP contribution in [0.4, 0.5) is 0 Å². The highest BCUT2D eigenvalue weighted by molar-refractivity contribution is 9.10. The smallest absolute Gasteiger partial charge is 0.213 e. The second-order valence-electron chi connectivity index (χ2n) is 4.87. The van der Waals surface area contributed by atoms with Crippen LogP contribution in [-0.2, 0) is 0 Å². The lowest BCUT2D eigenvalue weighted by molar-refractivity contribution is 0.842. The van der Waals surface area contributed by atoms with Gasteiger partial charge in [-0.1, -0.05) is 39.4 Å². The number of thiocyanates is 1. The van der Waals surface area contributed by atoms with Gasteiger partial charge in [-0.2, -0.15) is 14.9 Å². The number of nitriles is 1. The highest BCUT2D eigenvalue weighted by Crippen LogP contribution is 2.43. The van der Waals surface area contributed by atoms with Crippen molar-refractivity contribution in [2.75, 3.05) is 0 Å². The molecule has 0 bridgehead atoms. The first kappa shape index (κ1) is 13.3. The van der Waals surface area contributed by atoms with Crippen molar-refractivity contribution < 1.29 is 0 Å². The Balaban J connectivity index is 1.87. The minimum absolute atomic E-state index is 0.604. The van der Waals surface area contributed by atoms with E-state index in [0.29, 0.717) is 5.92 Å². The quantitative estimate of drug-likeness (QED) is 0.492. The molecule has 0 spiro atoms. The van der Waals surface area contributed by atoms with Crippen molar-refractivity contribution in [3.8, 4) is 16.7 Å². The number of fused-ring (bicyclic) bond motifs is 1. The second kappa shape index (κ2) is 5.13. The Labute approximate surface area is 137 Å². The van der Waals surface area contributed by atoms with Crippen molar-refractivity contribution >= 4 is 44.0 Å². The lowest BCUT2D eigenvalue weighted by atomic mass is 10.2. The zero-order valence-corrected chi connectivity index (χ0v) is 14.0. The molecule has 1 aliphatic rings. The average Bonchev–Trinajstić information content (AvgIpc) is 3.17. The van der Waals surface area contributed by atoms with Crippen LogP contribution in [0.5, 0.6) is 0 Å². The molecular weight excluding hydrogens is 368 g/mol. The van der Waals surface area contributed by atoms with Crippen LogP contribution < -0.4 is 0 Å². The van der Waals surface area contributed by atoms with E-state index in [0.717, 1.165) is 42.5 Å². The van der Waals surface area contributed by atoms with Gasteiger partial charge in [0.15, 0.2) is 0 Å². The Hall–Kier alpha value is -1.36. The number of nitrogens with zero attached hydrogens (tertiary/aromatic N) is 4. The van der Waals surface area contributed by atoms with Gasteiger partial charge < -0.3 is 0 Å².